The van der Waals surface area contributed by atoms with Crippen LogP contribution in [0.5, 0.6) is 0 Å². The second-order valence-electron chi connectivity index (χ2n) is 5.09. The summed E-state index contributed by atoms with van der Waals surface area (Å²) in [7, 11) is 0. The van der Waals surface area contributed by atoms with Crippen LogP contribution in [0.1, 0.15) is 17.0 Å². The number of thioether (sulfide) groups is 2. The molecule has 0 saturated heterocycles. The highest BCUT2D eigenvalue weighted by atomic mass is 32.2. The third kappa shape index (κ3) is 3.94. The first-order valence-electron chi connectivity index (χ1n) is 7.29. The van der Waals surface area contributed by atoms with Crippen molar-refractivity contribution < 1.29 is 18.3 Å². The number of ether oxygens (including phenoxy) is 1. The molecule has 0 N–H and O–H groups in total. The van der Waals surface area contributed by atoms with Gasteiger partial charge < -0.3 is 4.74 Å². The van der Waals surface area contributed by atoms with Gasteiger partial charge in [-0.25, -0.2) is 23.5 Å². The zero-order valence-corrected chi connectivity index (χ0v) is 15.2. The molecule has 28 heavy (non-hydrogen) atoms. The standard InChI is InChI=1S/C17H5F2N5O2S2/c18-9-1-8(2-10(19)3-9)7-26-16(25)11(4-20)17-27-14-15(28-17)24-13(6-22)12(5-21)23-14/h1-3H,7H2. The SMILES string of the molecule is N#CC(C(=O)OCc1cc(F)cc(F)c1)=C1Sc2nc(C#N)c(C#N)nc2S1. The van der Waals surface area contributed by atoms with Gasteiger partial charge in [-0.3, -0.25) is 0 Å². The molecular formula is C17H5F2N5O2S2. The molecule has 0 amide bonds. The Hall–Kier alpha value is -3.46. The Morgan fingerprint density at radius 2 is 1.54 bits per heavy atom. The molecule has 7 nitrogen and oxygen atoms in total. The fourth-order valence-corrected chi connectivity index (χ4v) is 4.33. The molecule has 2 aromatic rings. The van der Waals surface area contributed by atoms with Crippen molar-refractivity contribution in [2.75, 3.05) is 0 Å². The van der Waals surface area contributed by atoms with E-state index in [0.717, 1.165) is 35.7 Å². The van der Waals surface area contributed by atoms with E-state index < -0.39 is 24.2 Å². The van der Waals surface area contributed by atoms with Crippen LogP contribution in [0.2, 0.25) is 0 Å². The van der Waals surface area contributed by atoms with Crippen LogP contribution in [-0.2, 0) is 16.1 Å². The van der Waals surface area contributed by atoms with Gasteiger partial charge in [0.2, 0.25) is 0 Å². The van der Waals surface area contributed by atoms with Gasteiger partial charge in [-0.2, -0.15) is 15.8 Å². The summed E-state index contributed by atoms with van der Waals surface area (Å²) in [6, 6.07) is 7.92. The zero-order chi connectivity index (χ0) is 20.3. The van der Waals surface area contributed by atoms with Crippen LogP contribution in [0.15, 0.2) is 38.1 Å². The number of aromatic nitrogens is 2. The van der Waals surface area contributed by atoms with Crippen molar-refractivity contribution in [1.29, 1.82) is 15.8 Å². The quantitative estimate of drug-likeness (QED) is 0.424. The van der Waals surface area contributed by atoms with E-state index in [1.165, 1.54) is 0 Å². The molecule has 136 valence electrons. The Morgan fingerprint density at radius 3 is 2.00 bits per heavy atom. The normalized spacial score (nSPS) is 11.8. The topological polar surface area (TPSA) is 123 Å². The lowest BCUT2D eigenvalue weighted by Gasteiger charge is -2.05. The number of carbonyl (C=O) groups excluding carboxylic acids is 1. The van der Waals surface area contributed by atoms with E-state index in [9.17, 15) is 18.8 Å². The van der Waals surface area contributed by atoms with Crippen molar-refractivity contribution in [2.24, 2.45) is 0 Å². The van der Waals surface area contributed by atoms with Gasteiger partial charge in [0, 0.05) is 6.07 Å². The number of carbonyl (C=O) groups is 1. The van der Waals surface area contributed by atoms with Crippen molar-refractivity contribution in [2.45, 2.75) is 16.7 Å². The molecule has 0 aliphatic carbocycles. The summed E-state index contributed by atoms with van der Waals surface area (Å²) in [5, 5.41) is 27.9. The monoisotopic (exact) mass is 413 g/mol. The van der Waals surface area contributed by atoms with Crippen LogP contribution in [0.3, 0.4) is 0 Å². The number of esters is 1. The Morgan fingerprint density at radius 1 is 1.00 bits per heavy atom. The van der Waals surface area contributed by atoms with Gasteiger partial charge in [0.15, 0.2) is 17.0 Å². The van der Waals surface area contributed by atoms with E-state index >= 15 is 0 Å². The summed E-state index contributed by atoms with van der Waals surface area (Å²) in [6.07, 6.45) is 0. The molecule has 0 radical (unpaired) electrons. The molecule has 3 rings (SSSR count). The minimum atomic E-state index is -0.990. The second-order valence-corrected chi connectivity index (χ2v) is 7.34. The molecule has 0 fully saturated rings. The maximum absolute atomic E-state index is 13.2. The van der Waals surface area contributed by atoms with Crippen LogP contribution in [0.25, 0.3) is 0 Å². The minimum absolute atomic E-state index is 0.0869. The first-order valence-corrected chi connectivity index (χ1v) is 8.93. The van der Waals surface area contributed by atoms with Crippen LogP contribution in [0.4, 0.5) is 8.78 Å². The smallest absolute Gasteiger partial charge is 0.350 e. The van der Waals surface area contributed by atoms with Gasteiger partial charge in [0.1, 0.15) is 46.5 Å². The van der Waals surface area contributed by atoms with Gasteiger partial charge in [-0.15, -0.1) is 0 Å². The predicted molar refractivity (Wildman–Crippen MR) is 92.0 cm³/mol. The fourth-order valence-electron chi connectivity index (χ4n) is 2.08. The molecule has 11 heteroatoms. The van der Waals surface area contributed by atoms with Gasteiger partial charge in [0.05, 0.1) is 4.24 Å². The third-order valence-corrected chi connectivity index (χ3v) is 5.60. The molecule has 0 saturated carbocycles. The van der Waals surface area contributed by atoms with E-state index in [0.29, 0.717) is 6.07 Å². The number of nitrogens with zero attached hydrogens (tertiary/aromatic N) is 5. The predicted octanol–water partition coefficient (Wildman–Crippen LogP) is 3.17. The number of fused-ring (bicyclic) bond motifs is 1. The summed E-state index contributed by atoms with van der Waals surface area (Å²) in [4.78, 5) is 20.2. The highest BCUT2D eigenvalue weighted by molar-refractivity contribution is 8.24. The Bertz CT molecular complexity index is 1100. The zero-order valence-electron chi connectivity index (χ0n) is 13.6. The molecule has 0 unspecified atom stereocenters. The highest BCUT2D eigenvalue weighted by Crippen LogP contribution is 2.50. The van der Waals surface area contributed by atoms with Gasteiger partial charge in [0.25, 0.3) is 0 Å². The highest BCUT2D eigenvalue weighted by Gasteiger charge is 2.29. The van der Waals surface area contributed by atoms with Crippen molar-refractivity contribution in [3.8, 4) is 18.2 Å². The molecule has 0 bridgehead atoms. The number of halogens is 2. The summed E-state index contributed by atoms with van der Waals surface area (Å²) in [5.74, 6) is -2.63. The van der Waals surface area contributed by atoms with Crippen molar-refractivity contribution in [1.82, 2.24) is 9.97 Å². The van der Waals surface area contributed by atoms with Gasteiger partial charge in [-0.05, 0) is 17.7 Å². The Labute approximate surface area is 165 Å². The summed E-state index contributed by atoms with van der Waals surface area (Å²) in [5.41, 5.74) is -0.581. The molecule has 0 atom stereocenters. The summed E-state index contributed by atoms with van der Waals surface area (Å²) in [6.45, 7) is -0.429. The fraction of sp³-hybridized carbons (Fsp3) is 0.0588. The first-order chi connectivity index (χ1) is 13.4. The van der Waals surface area contributed by atoms with Crippen molar-refractivity contribution in [3.63, 3.8) is 0 Å². The number of benzene rings is 1. The Kier molecular flexibility index (Phi) is 5.55. The number of rotatable bonds is 3. The van der Waals surface area contributed by atoms with E-state index in [4.69, 9.17) is 15.3 Å². The largest absolute Gasteiger partial charge is 0.457 e. The minimum Gasteiger partial charge on any atom is -0.457 e. The van der Waals surface area contributed by atoms with Gasteiger partial charge in [-0.1, -0.05) is 23.5 Å². The lowest BCUT2D eigenvalue weighted by molar-refractivity contribution is -0.139. The van der Waals surface area contributed by atoms with Crippen LogP contribution in [0, 0.1) is 45.6 Å². The first kappa shape index (κ1) is 19.3. The average molecular weight is 413 g/mol. The van der Waals surface area contributed by atoms with Crippen molar-refractivity contribution >= 4 is 29.5 Å². The second kappa shape index (κ2) is 8.05. The molecule has 0 spiro atoms. The van der Waals surface area contributed by atoms with E-state index in [2.05, 4.69) is 9.97 Å². The summed E-state index contributed by atoms with van der Waals surface area (Å²) < 4.78 is 31.6. The summed E-state index contributed by atoms with van der Waals surface area (Å²) >= 11 is 1.88. The van der Waals surface area contributed by atoms with E-state index in [-0.39, 0.29) is 36.8 Å². The van der Waals surface area contributed by atoms with Crippen LogP contribution in [-0.4, -0.2) is 15.9 Å². The molecule has 1 aromatic heterocycles. The van der Waals surface area contributed by atoms with E-state index in [1.807, 2.05) is 0 Å². The molecule has 1 aliphatic heterocycles. The molecular weight excluding hydrogens is 408 g/mol. The molecule has 1 aromatic carbocycles. The third-order valence-electron chi connectivity index (χ3n) is 3.24. The lowest BCUT2D eigenvalue weighted by Crippen LogP contribution is -2.08. The van der Waals surface area contributed by atoms with Crippen molar-refractivity contribution in [3.05, 3.63) is 56.6 Å². The van der Waals surface area contributed by atoms with Crippen LogP contribution >= 0.6 is 23.5 Å². The number of nitriles is 3. The number of hydrogen-bond donors (Lipinski definition) is 0. The lowest BCUT2D eigenvalue weighted by atomic mass is 10.2. The van der Waals surface area contributed by atoms with E-state index in [1.54, 1.807) is 18.2 Å². The maximum atomic E-state index is 13.2. The molecule has 1 aliphatic rings. The van der Waals surface area contributed by atoms with Gasteiger partial charge >= 0.3 is 5.97 Å². The average Bonchev–Trinajstić information content (AvgIpc) is 3.07. The van der Waals surface area contributed by atoms with Crippen LogP contribution < -0.4 is 0 Å². The number of hydrogen-bond acceptors (Lipinski definition) is 9. The maximum Gasteiger partial charge on any atom is 0.350 e. The molecule has 2 heterocycles. The Balaban J connectivity index is 1.81.